The van der Waals surface area contributed by atoms with Crippen LogP contribution < -0.4 is 0 Å². The van der Waals surface area contributed by atoms with Crippen LogP contribution in [0.25, 0.3) is 0 Å². The van der Waals surface area contributed by atoms with E-state index in [4.69, 9.17) is 11.6 Å². The Labute approximate surface area is 76.3 Å². The van der Waals surface area contributed by atoms with Crippen molar-refractivity contribution in [3.8, 4) is 11.5 Å². The minimum atomic E-state index is -1.32. The topological polar surface area (TPSA) is 0 Å². The van der Waals surface area contributed by atoms with Crippen molar-refractivity contribution in [2.24, 2.45) is 0 Å². The average molecular weight is 189 g/mol. The summed E-state index contributed by atoms with van der Waals surface area (Å²) in [5, 5.41) is 0. The third-order valence-corrected chi connectivity index (χ3v) is 4.94. The molecule has 0 aromatic carbocycles. The Morgan fingerprint density at radius 1 is 1.36 bits per heavy atom. The van der Waals surface area contributed by atoms with Gasteiger partial charge in [-0.05, 0) is 6.42 Å². The van der Waals surface area contributed by atoms with E-state index in [9.17, 15) is 0 Å². The Kier molecular flexibility index (Phi) is 5.72. The van der Waals surface area contributed by atoms with Gasteiger partial charge in [-0.3, -0.25) is 0 Å². The molecular formula is C9H17ClSi. The minimum absolute atomic E-state index is 0.756. The first kappa shape index (κ1) is 11.1. The minimum Gasteiger partial charge on any atom is -0.131 e. The summed E-state index contributed by atoms with van der Waals surface area (Å²) in [5.74, 6) is 3.20. The summed E-state index contributed by atoms with van der Waals surface area (Å²) in [6.45, 7) is 6.60. The second kappa shape index (κ2) is 5.68. The lowest BCUT2D eigenvalue weighted by Gasteiger charge is -2.07. The van der Waals surface area contributed by atoms with Crippen molar-refractivity contribution in [3.05, 3.63) is 0 Å². The van der Waals surface area contributed by atoms with Crippen LogP contribution in [-0.4, -0.2) is 13.6 Å². The van der Waals surface area contributed by atoms with E-state index in [2.05, 4.69) is 31.5 Å². The van der Waals surface area contributed by atoms with Crippen LogP contribution in [0.3, 0.4) is 0 Å². The standard InChI is InChI=1S/C9H17ClSi/c1-4-5-6-7-8-11(2,3)9-10/h4-6,9H2,1-3H3. The van der Waals surface area contributed by atoms with Crippen molar-refractivity contribution < 1.29 is 0 Å². The van der Waals surface area contributed by atoms with Gasteiger partial charge in [0.1, 0.15) is 8.07 Å². The molecule has 0 spiro atoms. The second-order valence-corrected chi connectivity index (χ2v) is 8.51. The van der Waals surface area contributed by atoms with E-state index in [0.717, 1.165) is 11.9 Å². The molecule has 0 radical (unpaired) electrons. The molecule has 11 heavy (non-hydrogen) atoms. The summed E-state index contributed by atoms with van der Waals surface area (Å²) in [4.78, 5) is 0. The van der Waals surface area contributed by atoms with Gasteiger partial charge in [0.05, 0.1) is 0 Å². The molecule has 0 saturated heterocycles. The van der Waals surface area contributed by atoms with E-state index in [1.54, 1.807) is 0 Å². The monoisotopic (exact) mass is 188 g/mol. The largest absolute Gasteiger partial charge is 0.146 e. The summed E-state index contributed by atoms with van der Waals surface area (Å²) in [5.41, 5.74) is 4.06. The quantitative estimate of drug-likeness (QED) is 0.276. The maximum atomic E-state index is 5.77. The Balaban J connectivity index is 3.67. The molecular weight excluding hydrogens is 172 g/mol. The molecule has 0 amide bonds. The van der Waals surface area contributed by atoms with E-state index in [0.29, 0.717) is 0 Å². The van der Waals surface area contributed by atoms with E-state index in [1.807, 2.05) is 0 Å². The number of hydrogen-bond donors (Lipinski definition) is 0. The lowest BCUT2D eigenvalue weighted by atomic mass is 10.3. The smallest absolute Gasteiger partial charge is 0.131 e. The molecule has 0 aromatic rings. The molecule has 0 nitrogen and oxygen atoms in total. The molecule has 0 rings (SSSR count). The Hall–Kier alpha value is 0.0669. The lowest BCUT2D eigenvalue weighted by Crippen LogP contribution is -2.26. The van der Waals surface area contributed by atoms with Gasteiger partial charge in [0.2, 0.25) is 0 Å². The van der Waals surface area contributed by atoms with Crippen LogP contribution in [0.1, 0.15) is 26.2 Å². The van der Waals surface area contributed by atoms with Crippen molar-refractivity contribution >= 4 is 19.7 Å². The number of rotatable bonds is 3. The van der Waals surface area contributed by atoms with Gasteiger partial charge in [0.15, 0.2) is 0 Å². The van der Waals surface area contributed by atoms with E-state index in [-0.39, 0.29) is 0 Å². The molecule has 2 heteroatoms. The summed E-state index contributed by atoms with van der Waals surface area (Å²) < 4.78 is 0. The molecule has 64 valence electrons. The van der Waals surface area contributed by atoms with Crippen LogP contribution in [0, 0.1) is 11.5 Å². The van der Waals surface area contributed by atoms with Gasteiger partial charge in [0.25, 0.3) is 0 Å². The number of halogens is 1. The van der Waals surface area contributed by atoms with Crippen molar-refractivity contribution in [1.82, 2.24) is 0 Å². The zero-order valence-corrected chi connectivity index (χ0v) is 9.46. The van der Waals surface area contributed by atoms with Gasteiger partial charge < -0.3 is 0 Å². The van der Waals surface area contributed by atoms with Gasteiger partial charge in [0, 0.05) is 11.9 Å². The molecule has 0 unspecified atom stereocenters. The molecule has 0 aliphatic carbocycles. The average Bonchev–Trinajstić information content (AvgIpc) is 1.99. The van der Waals surface area contributed by atoms with Crippen LogP contribution >= 0.6 is 11.6 Å². The molecule has 0 atom stereocenters. The van der Waals surface area contributed by atoms with Crippen LogP contribution in [0.5, 0.6) is 0 Å². The fourth-order valence-corrected chi connectivity index (χ4v) is 1.47. The first-order valence-corrected chi connectivity index (χ1v) is 7.92. The molecule has 0 N–H and O–H groups in total. The Bertz CT molecular complexity index is 153. The highest BCUT2D eigenvalue weighted by Crippen LogP contribution is 2.02. The van der Waals surface area contributed by atoms with Gasteiger partial charge in [-0.2, -0.15) is 0 Å². The van der Waals surface area contributed by atoms with Crippen molar-refractivity contribution in [1.29, 1.82) is 0 Å². The molecule has 0 heterocycles. The fourth-order valence-electron chi connectivity index (χ4n) is 0.600. The van der Waals surface area contributed by atoms with Crippen molar-refractivity contribution in [2.75, 3.05) is 5.50 Å². The molecule has 0 aliphatic heterocycles. The lowest BCUT2D eigenvalue weighted by molar-refractivity contribution is 0.828. The van der Waals surface area contributed by atoms with Crippen LogP contribution in [0.4, 0.5) is 0 Å². The zero-order valence-electron chi connectivity index (χ0n) is 7.71. The number of alkyl halides is 1. The van der Waals surface area contributed by atoms with Crippen LogP contribution in [-0.2, 0) is 0 Å². The summed E-state index contributed by atoms with van der Waals surface area (Å²) in [6.07, 6.45) is 3.50. The molecule has 0 aliphatic rings. The predicted molar refractivity (Wildman–Crippen MR) is 55.5 cm³/mol. The van der Waals surface area contributed by atoms with Crippen LogP contribution in [0.2, 0.25) is 13.1 Å². The molecule has 0 bridgehead atoms. The SMILES string of the molecule is CCCCC#C[Si](C)(C)CCl. The van der Waals surface area contributed by atoms with Crippen LogP contribution in [0.15, 0.2) is 0 Å². The van der Waals surface area contributed by atoms with Gasteiger partial charge in [-0.15, -0.1) is 23.1 Å². The summed E-state index contributed by atoms with van der Waals surface area (Å²) in [6, 6.07) is 0. The highest BCUT2D eigenvalue weighted by Gasteiger charge is 2.14. The zero-order chi connectivity index (χ0) is 8.74. The van der Waals surface area contributed by atoms with E-state index in [1.165, 1.54) is 12.8 Å². The van der Waals surface area contributed by atoms with Crippen molar-refractivity contribution in [2.45, 2.75) is 39.3 Å². The maximum Gasteiger partial charge on any atom is 0.146 e. The van der Waals surface area contributed by atoms with Gasteiger partial charge in [-0.25, -0.2) is 0 Å². The summed E-state index contributed by atoms with van der Waals surface area (Å²) >= 11 is 5.77. The second-order valence-electron chi connectivity index (χ2n) is 3.42. The molecule has 0 saturated carbocycles. The molecule has 0 fully saturated rings. The number of hydrogen-bond acceptors (Lipinski definition) is 0. The van der Waals surface area contributed by atoms with E-state index < -0.39 is 8.07 Å². The third-order valence-electron chi connectivity index (χ3n) is 1.42. The Morgan fingerprint density at radius 2 is 2.00 bits per heavy atom. The first-order valence-electron chi connectivity index (χ1n) is 4.18. The van der Waals surface area contributed by atoms with Crippen molar-refractivity contribution in [3.63, 3.8) is 0 Å². The predicted octanol–water partition coefficient (Wildman–Crippen LogP) is 3.21. The maximum absolute atomic E-state index is 5.77. The highest BCUT2D eigenvalue weighted by atomic mass is 35.5. The molecule has 0 aromatic heterocycles. The third kappa shape index (κ3) is 6.46. The Morgan fingerprint density at radius 3 is 2.45 bits per heavy atom. The van der Waals surface area contributed by atoms with Gasteiger partial charge in [-0.1, -0.05) is 26.4 Å². The fraction of sp³-hybridized carbons (Fsp3) is 0.778. The number of unbranched alkanes of at least 4 members (excludes halogenated alkanes) is 2. The normalized spacial score (nSPS) is 10.5. The van der Waals surface area contributed by atoms with Gasteiger partial charge >= 0.3 is 0 Å². The van der Waals surface area contributed by atoms with E-state index >= 15 is 0 Å². The summed E-state index contributed by atoms with van der Waals surface area (Å²) in [7, 11) is -1.32. The highest BCUT2D eigenvalue weighted by molar-refractivity contribution is 6.89. The first-order chi connectivity index (χ1) is 5.12.